The van der Waals surface area contributed by atoms with Crippen LogP contribution in [-0.2, 0) is 0 Å². The summed E-state index contributed by atoms with van der Waals surface area (Å²) in [6, 6.07) is 17.7. The normalized spacial score (nSPS) is 21.9. The highest BCUT2D eigenvalue weighted by Gasteiger charge is 2.24. The highest BCUT2D eigenvalue weighted by Crippen LogP contribution is 2.36. The largest absolute Gasteiger partial charge is 0.365 e. The zero-order valence-corrected chi connectivity index (χ0v) is 14.5. The Labute approximate surface area is 141 Å². The summed E-state index contributed by atoms with van der Waals surface area (Å²) < 4.78 is 0. The van der Waals surface area contributed by atoms with E-state index in [1.165, 1.54) is 15.5 Å². The minimum absolute atomic E-state index is 0.503. The Kier molecular flexibility index (Phi) is 4.97. The number of para-hydroxylation sites is 1. The number of anilines is 1. The van der Waals surface area contributed by atoms with Gasteiger partial charge >= 0.3 is 0 Å². The number of hydrogen-bond acceptors (Lipinski definition) is 3. The van der Waals surface area contributed by atoms with E-state index in [2.05, 4.69) is 60.5 Å². The third-order valence-corrected chi connectivity index (χ3v) is 5.31. The van der Waals surface area contributed by atoms with Crippen LogP contribution in [0.5, 0.6) is 0 Å². The molecule has 0 radical (unpaired) electrons. The molecule has 1 aliphatic heterocycles. The van der Waals surface area contributed by atoms with Crippen LogP contribution in [-0.4, -0.2) is 25.2 Å². The number of halogens is 1. The molecule has 0 amide bonds. The first-order chi connectivity index (χ1) is 10.6. The second-order valence-corrected chi connectivity index (χ2v) is 7.39. The molecule has 1 N–H and O–H groups in total. The van der Waals surface area contributed by atoms with E-state index in [1.54, 1.807) is 11.8 Å². The van der Waals surface area contributed by atoms with Gasteiger partial charge in [-0.1, -0.05) is 35.5 Å². The van der Waals surface area contributed by atoms with E-state index in [0.29, 0.717) is 12.1 Å². The van der Waals surface area contributed by atoms with Crippen molar-refractivity contribution < 1.29 is 0 Å². The van der Waals surface area contributed by atoms with Crippen LogP contribution in [0.15, 0.2) is 58.3 Å². The maximum absolute atomic E-state index is 5.98. The van der Waals surface area contributed by atoms with Gasteiger partial charge in [0.05, 0.1) is 5.69 Å². The number of benzene rings is 2. The number of hydrogen-bond donors (Lipinski definition) is 1. The van der Waals surface area contributed by atoms with Gasteiger partial charge in [0.15, 0.2) is 0 Å². The molecule has 2 aromatic carbocycles. The van der Waals surface area contributed by atoms with Crippen molar-refractivity contribution in [1.29, 1.82) is 0 Å². The maximum Gasteiger partial charge on any atom is 0.0511 e. The number of piperazine rings is 1. The predicted octanol–water partition coefficient (Wildman–Crippen LogP) is 4.68. The molecule has 2 aromatic rings. The van der Waals surface area contributed by atoms with Gasteiger partial charge in [0.2, 0.25) is 0 Å². The second-order valence-electron chi connectivity index (χ2n) is 5.83. The molecule has 1 fully saturated rings. The van der Waals surface area contributed by atoms with E-state index in [1.807, 2.05) is 12.1 Å². The van der Waals surface area contributed by atoms with Crippen LogP contribution in [0.1, 0.15) is 13.8 Å². The lowest BCUT2D eigenvalue weighted by molar-refractivity contribution is 0.423. The Bertz CT molecular complexity index is 629. The van der Waals surface area contributed by atoms with Crippen molar-refractivity contribution in [3.05, 3.63) is 53.6 Å². The average Bonchev–Trinajstić information content (AvgIpc) is 2.53. The molecule has 2 nitrogen and oxygen atoms in total. The molecule has 0 spiro atoms. The molecule has 22 heavy (non-hydrogen) atoms. The smallest absolute Gasteiger partial charge is 0.0511 e. The lowest BCUT2D eigenvalue weighted by Crippen LogP contribution is -2.54. The van der Waals surface area contributed by atoms with Crippen LogP contribution in [0.25, 0.3) is 0 Å². The molecular weight excluding hydrogens is 312 g/mol. The van der Waals surface area contributed by atoms with E-state index < -0.39 is 0 Å². The summed E-state index contributed by atoms with van der Waals surface area (Å²) in [5.74, 6) is 0. The van der Waals surface area contributed by atoms with Gasteiger partial charge in [0, 0.05) is 40.0 Å². The van der Waals surface area contributed by atoms with Gasteiger partial charge in [0.25, 0.3) is 0 Å². The van der Waals surface area contributed by atoms with Crippen molar-refractivity contribution in [2.45, 2.75) is 35.7 Å². The van der Waals surface area contributed by atoms with E-state index >= 15 is 0 Å². The lowest BCUT2D eigenvalue weighted by Gasteiger charge is -2.40. The Morgan fingerprint density at radius 3 is 2.59 bits per heavy atom. The SMILES string of the molecule is C[C@@H]1CN(c2ccccc2Sc2ccc(Cl)cc2)[C@@H](C)CN1. The third-order valence-electron chi connectivity index (χ3n) is 3.98. The Morgan fingerprint density at radius 2 is 1.82 bits per heavy atom. The summed E-state index contributed by atoms with van der Waals surface area (Å²) in [7, 11) is 0. The van der Waals surface area contributed by atoms with E-state index in [4.69, 9.17) is 11.6 Å². The summed E-state index contributed by atoms with van der Waals surface area (Å²) >= 11 is 7.78. The quantitative estimate of drug-likeness (QED) is 0.878. The van der Waals surface area contributed by atoms with Gasteiger partial charge in [-0.3, -0.25) is 0 Å². The van der Waals surface area contributed by atoms with Gasteiger partial charge in [-0.25, -0.2) is 0 Å². The molecule has 3 rings (SSSR count). The van der Waals surface area contributed by atoms with Crippen LogP contribution < -0.4 is 10.2 Å². The molecule has 0 aliphatic carbocycles. The van der Waals surface area contributed by atoms with Gasteiger partial charge < -0.3 is 10.2 Å². The van der Waals surface area contributed by atoms with E-state index in [9.17, 15) is 0 Å². The summed E-state index contributed by atoms with van der Waals surface area (Å²) in [5.41, 5.74) is 1.32. The Balaban J connectivity index is 1.87. The summed E-state index contributed by atoms with van der Waals surface area (Å²) in [6.07, 6.45) is 0. The third kappa shape index (κ3) is 3.60. The molecule has 1 aliphatic rings. The van der Waals surface area contributed by atoms with Crippen molar-refractivity contribution in [3.63, 3.8) is 0 Å². The first-order valence-corrected chi connectivity index (χ1v) is 8.85. The number of nitrogens with one attached hydrogen (secondary N) is 1. The minimum Gasteiger partial charge on any atom is -0.365 e. The Morgan fingerprint density at radius 1 is 1.09 bits per heavy atom. The first-order valence-electron chi connectivity index (χ1n) is 7.66. The highest BCUT2D eigenvalue weighted by molar-refractivity contribution is 7.99. The molecule has 0 unspecified atom stereocenters. The van der Waals surface area contributed by atoms with Gasteiger partial charge in [-0.05, 0) is 50.2 Å². The van der Waals surface area contributed by atoms with Crippen molar-refractivity contribution in [1.82, 2.24) is 5.32 Å². The molecule has 0 bridgehead atoms. The average molecular weight is 333 g/mol. The number of nitrogens with zero attached hydrogens (tertiary/aromatic N) is 1. The van der Waals surface area contributed by atoms with E-state index in [0.717, 1.165) is 18.1 Å². The second kappa shape index (κ2) is 6.95. The first kappa shape index (κ1) is 15.7. The van der Waals surface area contributed by atoms with Crippen LogP contribution in [0.2, 0.25) is 5.02 Å². The van der Waals surface area contributed by atoms with Gasteiger partial charge in [-0.15, -0.1) is 0 Å². The van der Waals surface area contributed by atoms with Crippen LogP contribution in [0, 0.1) is 0 Å². The van der Waals surface area contributed by atoms with Crippen LogP contribution >= 0.6 is 23.4 Å². The molecule has 2 atom stereocenters. The zero-order chi connectivity index (χ0) is 15.5. The highest BCUT2D eigenvalue weighted by atomic mass is 35.5. The van der Waals surface area contributed by atoms with E-state index in [-0.39, 0.29) is 0 Å². The fraction of sp³-hybridized carbons (Fsp3) is 0.333. The molecule has 1 saturated heterocycles. The molecule has 4 heteroatoms. The lowest BCUT2D eigenvalue weighted by atomic mass is 10.1. The van der Waals surface area contributed by atoms with Crippen LogP contribution in [0.4, 0.5) is 5.69 Å². The van der Waals surface area contributed by atoms with Crippen molar-refractivity contribution in [2.75, 3.05) is 18.0 Å². The molecule has 1 heterocycles. The fourth-order valence-electron chi connectivity index (χ4n) is 2.77. The maximum atomic E-state index is 5.98. The zero-order valence-electron chi connectivity index (χ0n) is 12.9. The predicted molar refractivity (Wildman–Crippen MR) is 96.3 cm³/mol. The number of rotatable bonds is 3. The van der Waals surface area contributed by atoms with Crippen molar-refractivity contribution >= 4 is 29.1 Å². The van der Waals surface area contributed by atoms with Crippen LogP contribution in [0.3, 0.4) is 0 Å². The Hall–Kier alpha value is -1.16. The van der Waals surface area contributed by atoms with Crippen molar-refractivity contribution in [3.8, 4) is 0 Å². The molecular formula is C18H21ClN2S. The molecule has 0 aromatic heterocycles. The summed E-state index contributed by atoms with van der Waals surface area (Å²) in [4.78, 5) is 5.03. The van der Waals surface area contributed by atoms with Gasteiger partial charge in [0.1, 0.15) is 0 Å². The van der Waals surface area contributed by atoms with Crippen molar-refractivity contribution in [2.24, 2.45) is 0 Å². The molecule has 0 saturated carbocycles. The fourth-order valence-corrected chi connectivity index (χ4v) is 3.86. The summed E-state index contributed by atoms with van der Waals surface area (Å²) in [5, 5.41) is 4.32. The summed E-state index contributed by atoms with van der Waals surface area (Å²) in [6.45, 7) is 6.59. The standard InChI is InChI=1S/C18H21ClN2S/c1-13-12-21(14(2)11-20-13)17-5-3-4-6-18(17)22-16-9-7-15(19)8-10-16/h3-10,13-14,20H,11-12H2,1-2H3/t13-,14+/m1/s1. The monoisotopic (exact) mass is 332 g/mol. The van der Waals surface area contributed by atoms with Gasteiger partial charge in [-0.2, -0.15) is 0 Å². The molecule has 116 valence electrons. The topological polar surface area (TPSA) is 15.3 Å². The minimum atomic E-state index is 0.503.